The van der Waals surface area contributed by atoms with Gasteiger partial charge in [-0.1, -0.05) is 6.07 Å². The predicted octanol–water partition coefficient (Wildman–Crippen LogP) is 2.74. The van der Waals surface area contributed by atoms with E-state index in [4.69, 9.17) is 4.74 Å². The van der Waals surface area contributed by atoms with Gasteiger partial charge in [0.15, 0.2) is 11.5 Å². The molecule has 29 heavy (non-hydrogen) atoms. The number of anilines is 1. The second kappa shape index (κ2) is 7.72. The summed E-state index contributed by atoms with van der Waals surface area (Å²) in [6.07, 6.45) is 1.21. The molecule has 1 aliphatic heterocycles. The number of nitro benzene ring substituents is 1. The highest BCUT2D eigenvalue weighted by Crippen LogP contribution is 2.36. The Balaban J connectivity index is 2.06. The van der Waals surface area contributed by atoms with Crippen molar-refractivity contribution in [3.05, 3.63) is 62.1 Å². The van der Waals surface area contributed by atoms with Gasteiger partial charge in [-0.15, -0.1) is 0 Å². The number of carbonyl (C=O) groups is 3. The van der Waals surface area contributed by atoms with Crippen LogP contribution < -0.4 is 15.0 Å². The van der Waals surface area contributed by atoms with E-state index in [1.165, 1.54) is 43.5 Å². The SMILES string of the molecule is COc1cc(C=C2C(=O)NC(=O)N(c3cccc([N+](=O)[O-])c3)C2=O)cc(Br)c1O. The normalized spacial score (nSPS) is 15.4. The second-order valence-electron chi connectivity index (χ2n) is 5.79. The fourth-order valence-electron chi connectivity index (χ4n) is 2.64. The number of barbiturate groups is 1. The van der Waals surface area contributed by atoms with Crippen LogP contribution >= 0.6 is 15.9 Å². The summed E-state index contributed by atoms with van der Waals surface area (Å²) in [6, 6.07) is 6.71. The van der Waals surface area contributed by atoms with Gasteiger partial charge in [0, 0.05) is 12.1 Å². The van der Waals surface area contributed by atoms with Gasteiger partial charge in [0.05, 0.1) is 22.2 Å². The van der Waals surface area contributed by atoms with Gasteiger partial charge >= 0.3 is 6.03 Å². The Morgan fingerprint density at radius 3 is 2.62 bits per heavy atom. The fraction of sp³-hybridized carbons (Fsp3) is 0.0556. The molecule has 0 spiro atoms. The lowest BCUT2D eigenvalue weighted by Crippen LogP contribution is -2.54. The molecule has 2 N–H and O–H groups in total. The maximum Gasteiger partial charge on any atom is 0.335 e. The molecule has 1 heterocycles. The molecule has 0 atom stereocenters. The number of carbonyl (C=O) groups excluding carboxylic acids is 3. The average Bonchev–Trinajstić information content (AvgIpc) is 2.67. The molecule has 0 aliphatic carbocycles. The van der Waals surface area contributed by atoms with E-state index in [0.29, 0.717) is 10.5 Å². The Hall–Kier alpha value is -3.73. The number of benzene rings is 2. The van der Waals surface area contributed by atoms with Gasteiger partial charge in [-0.25, -0.2) is 9.69 Å². The van der Waals surface area contributed by atoms with Gasteiger partial charge in [0.25, 0.3) is 17.5 Å². The number of methoxy groups -OCH3 is 1. The summed E-state index contributed by atoms with van der Waals surface area (Å²) in [7, 11) is 1.33. The minimum absolute atomic E-state index is 0.0652. The van der Waals surface area contributed by atoms with Crippen molar-refractivity contribution in [1.29, 1.82) is 0 Å². The summed E-state index contributed by atoms with van der Waals surface area (Å²) < 4.78 is 5.29. The number of nitrogens with zero attached hydrogens (tertiary/aromatic N) is 2. The molecule has 0 saturated carbocycles. The highest BCUT2D eigenvalue weighted by Gasteiger charge is 2.37. The molecule has 1 fully saturated rings. The molecule has 0 radical (unpaired) electrons. The summed E-state index contributed by atoms with van der Waals surface area (Å²) >= 11 is 3.14. The van der Waals surface area contributed by atoms with Gasteiger partial charge < -0.3 is 9.84 Å². The standard InChI is InChI=1S/C18H12BrN3O7/c1-29-14-7-9(6-13(19)15(14)23)5-12-16(24)20-18(26)21(17(12)25)10-3-2-4-11(8-10)22(27)28/h2-8,23H,1H3,(H,20,24,26). The molecule has 1 aliphatic rings. The van der Waals surface area contributed by atoms with E-state index in [1.54, 1.807) is 0 Å². The molecule has 148 valence electrons. The van der Waals surface area contributed by atoms with Crippen LogP contribution in [-0.2, 0) is 9.59 Å². The van der Waals surface area contributed by atoms with Gasteiger partial charge in [-0.3, -0.25) is 25.0 Å². The van der Waals surface area contributed by atoms with E-state index in [1.807, 2.05) is 5.32 Å². The fourth-order valence-corrected chi connectivity index (χ4v) is 3.10. The van der Waals surface area contributed by atoms with Gasteiger partial charge in [-0.2, -0.15) is 0 Å². The number of imide groups is 2. The monoisotopic (exact) mass is 461 g/mol. The summed E-state index contributed by atoms with van der Waals surface area (Å²) in [5, 5.41) is 22.9. The molecule has 10 nitrogen and oxygen atoms in total. The smallest absolute Gasteiger partial charge is 0.335 e. The number of non-ortho nitro benzene ring substituents is 1. The number of ether oxygens (including phenoxy) is 1. The lowest BCUT2D eigenvalue weighted by atomic mass is 10.1. The second-order valence-corrected chi connectivity index (χ2v) is 6.64. The van der Waals surface area contributed by atoms with Crippen LogP contribution in [0.2, 0.25) is 0 Å². The van der Waals surface area contributed by atoms with Crippen molar-refractivity contribution in [3.63, 3.8) is 0 Å². The van der Waals surface area contributed by atoms with Gasteiger partial charge in [0.1, 0.15) is 5.57 Å². The highest BCUT2D eigenvalue weighted by atomic mass is 79.9. The van der Waals surface area contributed by atoms with Crippen LogP contribution in [-0.4, -0.2) is 35.0 Å². The maximum absolute atomic E-state index is 12.9. The summed E-state index contributed by atoms with van der Waals surface area (Å²) in [5.41, 5.74) is -0.434. The number of rotatable bonds is 4. The molecule has 0 unspecified atom stereocenters. The topological polar surface area (TPSA) is 139 Å². The number of phenolic OH excluding ortho intramolecular Hbond substituents is 1. The van der Waals surface area contributed by atoms with Crippen LogP contribution in [0.1, 0.15) is 5.56 Å². The third-order valence-corrected chi connectivity index (χ3v) is 4.59. The minimum atomic E-state index is -1.03. The molecule has 0 aromatic heterocycles. The first kappa shape index (κ1) is 20.0. The molecule has 0 bridgehead atoms. The van der Waals surface area contributed by atoms with Crippen molar-refractivity contribution in [2.24, 2.45) is 0 Å². The van der Waals surface area contributed by atoms with E-state index in [9.17, 15) is 29.6 Å². The zero-order valence-corrected chi connectivity index (χ0v) is 16.3. The maximum atomic E-state index is 12.9. The number of amides is 4. The van der Waals surface area contributed by atoms with Crippen LogP contribution in [0.3, 0.4) is 0 Å². The predicted molar refractivity (Wildman–Crippen MR) is 104 cm³/mol. The number of nitro groups is 1. The number of hydrogen-bond acceptors (Lipinski definition) is 7. The lowest BCUT2D eigenvalue weighted by Gasteiger charge is -2.26. The third-order valence-electron chi connectivity index (χ3n) is 3.98. The average molecular weight is 462 g/mol. The Labute approximate surface area is 171 Å². The van der Waals surface area contributed by atoms with Crippen LogP contribution in [0.5, 0.6) is 11.5 Å². The number of hydrogen-bond donors (Lipinski definition) is 2. The Morgan fingerprint density at radius 1 is 1.24 bits per heavy atom. The van der Waals surface area contributed by atoms with Crippen molar-refractivity contribution in [3.8, 4) is 11.5 Å². The highest BCUT2D eigenvalue weighted by molar-refractivity contribution is 9.10. The molecule has 11 heteroatoms. The van der Waals surface area contributed by atoms with E-state index in [2.05, 4.69) is 15.9 Å². The molecule has 2 aromatic carbocycles. The van der Waals surface area contributed by atoms with Gasteiger partial charge in [-0.05, 0) is 45.8 Å². The quantitative estimate of drug-likeness (QED) is 0.308. The van der Waals surface area contributed by atoms with Crippen LogP contribution in [0.15, 0.2) is 46.4 Å². The first-order valence-corrected chi connectivity index (χ1v) is 8.74. The molecule has 1 saturated heterocycles. The Bertz CT molecular complexity index is 1100. The van der Waals surface area contributed by atoms with Crippen molar-refractivity contribution < 1.29 is 29.2 Å². The van der Waals surface area contributed by atoms with Crippen LogP contribution in [0.4, 0.5) is 16.2 Å². The molecule has 4 amide bonds. The van der Waals surface area contributed by atoms with Crippen molar-refractivity contribution in [2.45, 2.75) is 0 Å². The zero-order chi connectivity index (χ0) is 21.3. The number of phenols is 1. The Morgan fingerprint density at radius 2 is 1.97 bits per heavy atom. The van der Waals surface area contributed by atoms with Crippen molar-refractivity contribution in [1.82, 2.24) is 5.32 Å². The van der Waals surface area contributed by atoms with Crippen LogP contribution in [0, 0.1) is 10.1 Å². The lowest BCUT2D eigenvalue weighted by molar-refractivity contribution is -0.384. The van der Waals surface area contributed by atoms with Crippen LogP contribution in [0.25, 0.3) is 6.08 Å². The zero-order valence-electron chi connectivity index (χ0n) is 14.7. The van der Waals surface area contributed by atoms with Crippen molar-refractivity contribution in [2.75, 3.05) is 12.0 Å². The number of halogens is 1. The molecular formula is C18H12BrN3O7. The minimum Gasteiger partial charge on any atom is -0.503 e. The number of urea groups is 1. The van der Waals surface area contributed by atoms with E-state index < -0.39 is 22.8 Å². The Kier molecular flexibility index (Phi) is 5.33. The van der Waals surface area contributed by atoms with Crippen molar-refractivity contribution >= 4 is 51.2 Å². The molecule has 2 aromatic rings. The third kappa shape index (κ3) is 3.80. The molecule has 3 rings (SSSR count). The number of aromatic hydroxyl groups is 1. The summed E-state index contributed by atoms with van der Waals surface area (Å²) in [4.78, 5) is 48.2. The van der Waals surface area contributed by atoms with E-state index in [0.717, 1.165) is 6.07 Å². The first-order valence-electron chi connectivity index (χ1n) is 7.95. The number of nitrogens with one attached hydrogen (secondary N) is 1. The molecular weight excluding hydrogens is 450 g/mol. The largest absolute Gasteiger partial charge is 0.503 e. The van der Waals surface area contributed by atoms with E-state index >= 15 is 0 Å². The summed E-state index contributed by atoms with van der Waals surface area (Å²) in [6.45, 7) is 0. The van der Waals surface area contributed by atoms with Gasteiger partial charge in [0.2, 0.25) is 0 Å². The van der Waals surface area contributed by atoms with E-state index in [-0.39, 0.29) is 32.9 Å². The summed E-state index contributed by atoms with van der Waals surface area (Å²) in [5.74, 6) is -1.95. The first-order chi connectivity index (χ1) is 13.7.